The highest BCUT2D eigenvalue weighted by molar-refractivity contribution is 5.49. The van der Waals surface area contributed by atoms with E-state index in [1.165, 1.54) is 0 Å². The summed E-state index contributed by atoms with van der Waals surface area (Å²) in [6.07, 6.45) is 0. The molecule has 0 fully saturated rings. The summed E-state index contributed by atoms with van der Waals surface area (Å²) >= 11 is 0. The van der Waals surface area contributed by atoms with Crippen molar-refractivity contribution in [2.45, 2.75) is 11.6 Å². The molecule has 0 N–H and O–H groups in total. The van der Waals surface area contributed by atoms with Gasteiger partial charge in [-0.15, -0.1) is 0 Å². The van der Waals surface area contributed by atoms with Crippen molar-refractivity contribution >= 4 is 0 Å². The Morgan fingerprint density at radius 3 is 1.53 bits per heavy atom. The summed E-state index contributed by atoms with van der Waals surface area (Å²) in [5.74, 6) is 1.60. The molecule has 3 rings (SSSR count). The van der Waals surface area contributed by atoms with Crippen molar-refractivity contribution in [3.63, 3.8) is 0 Å². The van der Waals surface area contributed by atoms with E-state index in [1.807, 2.05) is 56.6 Å². The zero-order valence-corrected chi connectivity index (χ0v) is 19.6. The lowest BCUT2D eigenvalue weighted by atomic mass is 9.80. The highest BCUT2D eigenvalue weighted by Gasteiger charge is 2.38. The first-order valence-electron chi connectivity index (χ1n) is 10.7. The number of nitrogens with zero attached hydrogens (tertiary/aromatic N) is 1. The minimum Gasteiger partial charge on any atom is -0.497 e. The largest absolute Gasteiger partial charge is 0.497 e. The first-order chi connectivity index (χ1) is 15.5. The minimum absolute atomic E-state index is 0.0968. The van der Waals surface area contributed by atoms with Crippen LogP contribution in [0.4, 0.5) is 0 Å². The Morgan fingerprint density at radius 1 is 0.656 bits per heavy atom. The summed E-state index contributed by atoms with van der Waals surface area (Å²) < 4.78 is 23.2. The molecule has 1 atom stereocenters. The third-order valence-corrected chi connectivity index (χ3v) is 5.75. The van der Waals surface area contributed by atoms with Gasteiger partial charge in [0.15, 0.2) is 0 Å². The Labute approximate surface area is 191 Å². The Balaban J connectivity index is 2.18. The van der Waals surface area contributed by atoms with E-state index < -0.39 is 5.60 Å². The van der Waals surface area contributed by atoms with Gasteiger partial charge in [0, 0.05) is 7.11 Å². The van der Waals surface area contributed by atoms with Crippen LogP contribution < -0.4 is 9.47 Å². The lowest BCUT2D eigenvalue weighted by molar-refractivity contribution is -0.0312. The molecule has 0 aliphatic rings. The summed E-state index contributed by atoms with van der Waals surface area (Å²) in [7, 11) is 9.14. The second kappa shape index (κ2) is 11.1. The van der Waals surface area contributed by atoms with Crippen LogP contribution in [0.1, 0.15) is 16.7 Å². The van der Waals surface area contributed by atoms with Gasteiger partial charge in [0.25, 0.3) is 0 Å². The molecule has 0 saturated heterocycles. The molecule has 0 aliphatic carbocycles. The number of hydrogen-bond donors (Lipinski definition) is 0. The summed E-state index contributed by atoms with van der Waals surface area (Å²) in [5.41, 5.74) is 2.27. The average Bonchev–Trinajstić information content (AvgIpc) is 2.85. The molecule has 3 aromatic carbocycles. The number of ether oxygens (including phenoxy) is 4. The Hall–Kier alpha value is -2.86. The van der Waals surface area contributed by atoms with Crippen molar-refractivity contribution in [3.8, 4) is 11.5 Å². The van der Waals surface area contributed by atoms with E-state index in [0.717, 1.165) is 28.2 Å². The molecule has 3 aromatic rings. The SMILES string of the molecule is COCC(COC(c1ccccc1)(c1ccc(OC)cc1)c1ccc(OC)cc1)N(C)C. The summed E-state index contributed by atoms with van der Waals surface area (Å²) in [5, 5.41) is 0. The van der Waals surface area contributed by atoms with E-state index in [-0.39, 0.29) is 6.04 Å². The predicted molar refractivity (Wildman–Crippen MR) is 128 cm³/mol. The number of benzene rings is 3. The smallest absolute Gasteiger partial charge is 0.143 e. The van der Waals surface area contributed by atoms with E-state index in [9.17, 15) is 0 Å². The zero-order chi connectivity index (χ0) is 23.0. The number of rotatable bonds is 11. The van der Waals surface area contributed by atoms with Crippen molar-refractivity contribution in [1.82, 2.24) is 4.90 Å². The molecule has 5 heteroatoms. The van der Waals surface area contributed by atoms with Crippen molar-refractivity contribution in [1.29, 1.82) is 0 Å². The molecule has 0 heterocycles. The van der Waals surface area contributed by atoms with Crippen LogP contribution in [-0.4, -0.2) is 59.6 Å². The van der Waals surface area contributed by atoms with Crippen molar-refractivity contribution in [3.05, 3.63) is 95.6 Å². The molecule has 1 unspecified atom stereocenters. The Bertz CT molecular complexity index is 892. The van der Waals surface area contributed by atoms with Gasteiger partial charge in [-0.2, -0.15) is 0 Å². The lowest BCUT2D eigenvalue weighted by Crippen LogP contribution is -2.41. The lowest BCUT2D eigenvalue weighted by Gasteiger charge is -2.38. The summed E-state index contributed by atoms with van der Waals surface area (Å²) in [6.45, 7) is 1.05. The van der Waals surface area contributed by atoms with Crippen molar-refractivity contribution < 1.29 is 18.9 Å². The predicted octanol–water partition coefficient (Wildman–Crippen LogP) is 4.59. The molecular formula is C27H33NO4. The van der Waals surface area contributed by atoms with Gasteiger partial charge in [0.05, 0.1) is 33.5 Å². The van der Waals surface area contributed by atoms with Gasteiger partial charge in [-0.25, -0.2) is 0 Å². The molecule has 170 valence electrons. The van der Waals surface area contributed by atoms with Crippen LogP contribution in [0, 0.1) is 0 Å². The topological polar surface area (TPSA) is 40.2 Å². The van der Waals surface area contributed by atoms with Gasteiger partial charge >= 0.3 is 0 Å². The van der Waals surface area contributed by atoms with Crippen LogP contribution in [-0.2, 0) is 15.1 Å². The molecule has 0 aromatic heterocycles. The van der Waals surface area contributed by atoms with Crippen LogP contribution in [0.5, 0.6) is 11.5 Å². The Kier molecular flexibility index (Phi) is 8.28. The van der Waals surface area contributed by atoms with E-state index >= 15 is 0 Å². The summed E-state index contributed by atoms with van der Waals surface area (Å²) in [4.78, 5) is 2.13. The number of methoxy groups -OCH3 is 3. The highest BCUT2D eigenvalue weighted by atomic mass is 16.5. The molecule has 5 nitrogen and oxygen atoms in total. The molecule has 0 radical (unpaired) electrons. The van der Waals surface area contributed by atoms with Gasteiger partial charge in [-0.3, -0.25) is 0 Å². The molecule has 0 saturated carbocycles. The normalized spacial score (nSPS) is 12.6. The van der Waals surface area contributed by atoms with E-state index in [0.29, 0.717) is 13.2 Å². The first-order valence-corrected chi connectivity index (χ1v) is 10.7. The minimum atomic E-state index is -0.818. The number of likely N-dealkylation sites (N-methyl/N-ethyl adjacent to an activating group) is 1. The average molecular weight is 436 g/mol. The van der Waals surface area contributed by atoms with Gasteiger partial charge in [-0.1, -0.05) is 54.6 Å². The maximum atomic E-state index is 6.91. The molecule has 0 amide bonds. The van der Waals surface area contributed by atoms with E-state index in [4.69, 9.17) is 18.9 Å². The molecular weight excluding hydrogens is 402 g/mol. The van der Waals surface area contributed by atoms with Crippen molar-refractivity contribution in [2.75, 3.05) is 48.6 Å². The fourth-order valence-electron chi connectivity index (χ4n) is 3.83. The standard InChI is InChI=1S/C27H33NO4/c1-28(2)24(19-29-3)20-32-27(21-9-7-6-8-10-21,22-11-15-25(30-4)16-12-22)23-13-17-26(31-5)18-14-23/h6-18,24H,19-20H2,1-5H3. The van der Waals surface area contributed by atoms with Crippen LogP contribution >= 0.6 is 0 Å². The van der Waals surface area contributed by atoms with Gasteiger partial charge in [0.2, 0.25) is 0 Å². The second-order valence-corrected chi connectivity index (χ2v) is 7.89. The fraction of sp³-hybridized carbons (Fsp3) is 0.333. The van der Waals surface area contributed by atoms with E-state index in [1.54, 1.807) is 21.3 Å². The first kappa shape index (κ1) is 23.8. The second-order valence-electron chi connectivity index (χ2n) is 7.89. The maximum Gasteiger partial charge on any atom is 0.143 e. The maximum absolute atomic E-state index is 6.91. The molecule has 0 aliphatic heterocycles. The monoisotopic (exact) mass is 435 g/mol. The van der Waals surface area contributed by atoms with Crippen LogP contribution in [0.15, 0.2) is 78.9 Å². The van der Waals surface area contributed by atoms with Gasteiger partial charge in [-0.05, 0) is 55.1 Å². The van der Waals surface area contributed by atoms with Crippen LogP contribution in [0.25, 0.3) is 0 Å². The zero-order valence-electron chi connectivity index (χ0n) is 19.6. The Morgan fingerprint density at radius 2 is 1.12 bits per heavy atom. The molecule has 0 bridgehead atoms. The highest BCUT2D eigenvalue weighted by Crippen LogP contribution is 2.41. The van der Waals surface area contributed by atoms with E-state index in [2.05, 4.69) is 41.3 Å². The molecule has 0 spiro atoms. The summed E-state index contributed by atoms with van der Waals surface area (Å²) in [6, 6.07) is 26.6. The van der Waals surface area contributed by atoms with Crippen LogP contribution in [0.3, 0.4) is 0 Å². The van der Waals surface area contributed by atoms with Crippen molar-refractivity contribution in [2.24, 2.45) is 0 Å². The third-order valence-electron chi connectivity index (χ3n) is 5.75. The van der Waals surface area contributed by atoms with Gasteiger partial charge in [0.1, 0.15) is 17.1 Å². The number of hydrogen-bond acceptors (Lipinski definition) is 5. The molecule has 32 heavy (non-hydrogen) atoms. The van der Waals surface area contributed by atoms with Crippen LogP contribution in [0.2, 0.25) is 0 Å². The third kappa shape index (κ3) is 5.13. The van der Waals surface area contributed by atoms with Gasteiger partial charge < -0.3 is 23.8 Å². The fourth-order valence-corrected chi connectivity index (χ4v) is 3.83. The quantitative estimate of drug-likeness (QED) is 0.412.